The number of nitrogen functional groups attached to an aromatic ring is 2. The van der Waals surface area contributed by atoms with Gasteiger partial charge in [0.2, 0.25) is 0 Å². The fourth-order valence-electron chi connectivity index (χ4n) is 5.98. The maximum absolute atomic E-state index is 9.26. The molecule has 0 bridgehead atoms. The van der Waals surface area contributed by atoms with Gasteiger partial charge in [-0.3, -0.25) is 19.3 Å². The number of pyridine rings is 6. The number of rotatable bonds is 10. The number of nitrogens with two attached hydrogens (primary N) is 2. The van der Waals surface area contributed by atoms with Crippen LogP contribution in [-0.4, -0.2) is 72.9 Å². The van der Waals surface area contributed by atoms with E-state index in [1.807, 2.05) is 76.5 Å². The van der Waals surface area contributed by atoms with Gasteiger partial charge in [-0.15, -0.1) is 0 Å². The minimum absolute atomic E-state index is 0.0260. The number of aromatic nitrogens is 10. The Morgan fingerprint density at radius 2 is 1.05 bits per heavy atom. The van der Waals surface area contributed by atoms with Gasteiger partial charge in [-0.1, -0.05) is 0 Å². The molecule has 284 valence electrons. The summed E-state index contributed by atoms with van der Waals surface area (Å²) < 4.78 is 3.41. The normalized spacial score (nSPS) is 12.2. The van der Waals surface area contributed by atoms with Crippen molar-refractivity contribution in [2.75, 3.05) is 35.3 Å². The summed E-state index contributed by atoms with van der Waals surface area (Å²) in [5.41, 5.74) is 19.5. The highest BCUT2D eigenvalue weighted by Gasteiger charge is 2.13. The zero-order chi connectivity index (χ0) is 39.3. The molecule has 0 aliphatic rings. The molecular weight excluding hydrogens is 709 g/mol. The van der Waals surface area contributed by atoms with Gasteiger partial charge in [0.15, 0.2) is 0 Å². The van der Waals surface area contributed by atoms with E-state index >= 15 is 0 Å². The van der Waals surface area contributed by atoms with Crippen LogP contribution in [0.2, 0.25) is 0 Å². The second-order valence-electron chi connectivity index (χ2n) is 13.5. The Bertz CT molecular complexity index is 2460. The third kappa shape index (κ3) is 8.06. The number of hydrogen-bond donors (Lipinski definition) is 6. The van der Waals surface area contributed by atoms with Crippen molar-refractivity contribution in [2.24, 2.45) is 0 Å². The molecule has 0 saturated carbocycles. The first-order valence-electron chi connectivity index (χ1n) is 17.9. The van der Waals surface area contributed by atoms with Crippen molar-refractivity contribution in [3.05, 3.63) is 109 Å². The highest BCUT2D eigenvalue weighted by atomic mass is 16.3. The van der Waals surface area contributed by atoms with E-state index in [0.29, 0.717) is 23.3 Å². The van der Waals surface area contributed by atoms with Gasteiger partial charge in [-0.05, 0) is 86.0 Å². The van der Waals surface area contributed by atoms with Crippen molar-refractivity contribution < 1.29 is 10.2 Å². The number of hydrogen-bond acceptors (Lipinski definition) is 14. The molecule has 0 aromatic carbocycles. The predicted octanol–water partition coefficient (Wildman–Crippen LogP) is 6.15. The van der Waals surface area contributed by atoms with E-state index in [1.54, 1.807) is 58.9 Å². The van der Waals surface area contributed by atoms with Gasteiger partial charge in [-0.25, -0.2) is 19.9 Å². The molecule has 0 fully saturated rings. The van der Waals surface area contributed by atoms with Crippen molar-refractivity contribution in [1.82, 2.24) is 49.5 Å². The molecule has 0 aliphatic heterocycles. The summed E-state index contributed by atoms with van der Waals surface area (Å²) in [5, 5.41) is 36.9. The molecule has 0 radical (unpaired) electrons. The van der Waals surface area contributed by atoms with Crippen molar-refractivity contribution >= 4 is 56.2 Å². The third-order valence-corrected chi connectivity index (χ3v) is 9.30. The summed E-state index contributed by atoms with van der Waals surface area (Å²) >= 11 is 0. The summed E-state index contributed by atoms with van der Waals surface area (Å²) in [5.74, 6) is 2.20. The fraction of sp³-hybridized carbons (Fsp3) is 0.200. The Balaban J connectivity index is 0.000000172. The maximum Gasteiger partial charge on any atom is 0.133 e. The van der Waals surface area contributed by atoms with Crippen molar-refractivity contribution in [1.29, 1.82) is 0 Å². The molecule has 16 heteroatoms. The van der Waals surface area contributed by atoms with Gasteiger partial charge in [0, 0.05) is 71.5 Å². The molecule has 56 heavy (non-hydrogen) atoms. The van der Waals surface area contributed by atoms with Crippen LogP contribution in [0, 0.1) is 13.8 Å². The highest BCUT2D eigenvalue weighted by Crippen LogP contribution is 2.31. The topological polar surface area (TPSA) is 230 Å². The van der Waals surface area contributed by atoms with Crippen LogP contribution in [0.15, 0.2) is 98.4 Å². The van der Waals surface area contributed by atoms with Gasteiger partial charge < -0.3 is 32.3 Å². The summed E-state index contributed by atoms with van der Waals surface area (Å²) in [6.45, 7) is 7.87. The quantitative estimate of drug-likeness (QED) is 0.0921. The van der Waals surface area contributed by atoms with Gasteiger partial charge in [-0.2, -0.15) is 10.2 Å². The Morgan fingerprint density at radius 1 is 0.625 bits per heavy atom. The summed E-state index contributed by atoms with van der Waals surface area (Å²) in [6, 6.07) is 11.5. The zero-order valence-corrected chi connectivity index (χ0v) is 31.3. The first kappa shape index (κ1) is 37.3. The Hall–Kier alpha value is -7.04. The largest absolute Gasteiger partial charge is 0.394 e. The molecule has 8 aromatic heterocycles. The van der Waals surface area contributed by atoms with Crippen LogP contribution in [0.5, 0.6) is 0 Å². The summed E-state index contributed by atoms with van der Waals surface area (Å²) in [6.07, 6.45) is 17.6. The number of nitrogens with one attached hydrogen (secondary N) is 2. The molecule has 0 aliphatic carbocycles. The number of anilines is 6. The molecule has 8 N–H and O–H groups in total. The predicted molar refractivity (Wildman–Crippen MR) is 218 cm³/mol. The minimum Gasteiger partial charge on any atom is -0.394 e. The van der Waals surface area contributed by atoms with E-state index < -0.39 is 0 Å². The first-order valence-corrected chi connectivity index (χ1v) is 17.9. The molecule has 0 amide bonds. The van der Waals surface area contributed by atoms with E-state index in [0.717, 1.165) is 66.6 Å². The van der Waals surface area contributed by atoms with Gasteiger partial charge in [0.25, 0.3) is 0 Å². The lowest BCUT2D eigenvalue weighted by Crippen LogP contribution is -2.09. The first-order chi connectivity index (χ1) is 27.1. The number of aryl methyl sites for hydroxylation is 2. The van der Waals surface area contributed by atoms with Crippen LogP contribution in [0.4, 0.5) is 34.6 Å². The molecule has 16 nitrogen and oxygen atoms in total. The van der Waals surface area contributed by atoms with Crippen LogP contribution in [0.25, 0.3) is 44.1 Å². The van der Waals surface area contributed by atoms with E-state index in [-0.39, 0.29) is 25.3 Å². The Kier molecular flexibility index (Phi) is 10.7. The lowest BCUT2D eigenvalue weighted by molar-refractivity contribution is 0.229. The van der Waals surface area contributed by atoms with Gasteiger partial charge >= 0.3 is 0 Å². The maximum atomic E-state index is 9.26. The summed E-state index contributed by atoms with van der Waals surface area (Å²) in [7, 11) is 0. The van der Waals surface area contributed by atoms with Crippen LogP contribution in [0.1, 0.15) is 37.1 Å². The lowest BCUT2D eigenvalue weighted by Gasteiger charge is -2.10. The third-order valence-electron chi connectivity index (χ3n) is 9.30. The van der Waals surface area contributed by atoms with Crippen LogP contribution >= 0.6 is 0 Å². The van der Waals surface area contributed by atoms with E-state index in [2.05, 4.69) is 50.7 Å². The number of nitrogens with zero attached hydrogens (tertiary/aromatic N) is 10. The van der Waals surface area contributed by atoms with Crippen molar-refractivity contribution in [3.8, 4) is 22.5 Å². The molecule has 0 saturated heterocycles. The van der Waals surface area contributed by atoms with Crippen molar-refractivity contribution in [2.45, 2.75) is 39.8 Å². The minimum atomic E-state index is -0.0868. The zero-order valence-electron chi connectivity index (χ0n) is 31.3. The average Bonchev–Trinajstić information content (AvgIpc) is 3.88. The Morgan fingerprint density at radius 3 is 1.45 bits per heavy atom. The molecule has 0 unspecified atom stereocenters. The smallest absolute Gasteiger partial charge is 0.133 e. The molecule has 8 heterocycles. The van der Waals surface area contributed by atoms with Crippen LogP contribution < -0.4 is 22.1 Å². The van der Waals surface area contributed by atoms with Gasteiger partial charge in [0.1, 0.15) is 23.3 Å². The SMILES string of the molecule is Cc1ccncc1-c1cc2cc(Nc3cnn([C@@H](C)CO)c3)ncc2c(N)n1.Cc1ccncc1-c1cc2cc(Nc3cnn([C@H](C)CO)c3)ncc2c(N)n1. The van der Waals surface area contributed by atoms with Crippen LogP contribution in [0.3, 0.4) is 0 Å². The summed E-state index contributed by atoms with van der Waals surface area (Å²) in [4.78, 5) is 26.3. The van der Waals surface area contributed by atoms with E-state index in [1.165, 1.54) is 0 Å². The molecule has 8 aromatic rings. The molecular formula is C40H42N14O2. The second kappa shape index (κ2) is 16.1. The number of aliphatic hydroxyl groups excluding tert-OH is 2. The average molecular weight is 751 g/mol. The lowest BCUT2D eigenvalue weighted by atomic mass is 10.1. The highest BCUT2D eigenvalue weighted by molar-refractivity contribution is 5.96. The molecule has 0 spiro atoms. The van der Waals surface area contributed by atoms with Crippen molar-refractivity contribution in [3.63, 3.8) is 0 Å². The van der Waals surface area contributed by atoms with E-state index in [4.69, 9.17) is 11.5 Å². The number of aliphatic hydroxyl groups is 2. The van der Waals surface area contributed by atoms with Crippen LogP contribution in [-0.2, 0) is 0 Å². The van der Waals surface area contributed by atoms with Gasteiger partial charge in [0.05, 0.1) is 60.5 Å². The second-order valence-corrected chi connectivity index (χ2v) is 13.5. The standard InChI is InChI=1S/2C20H21N7O/c2*1-12-3-4-22-8-16(12)18-5-14-6-19(23-9-17(14)20(21)26-18)25-15-7-24-27(10-15)13(2)11-28/h2*3-10,13,28H,11H2,1-2H3,(H2,21,26)(H,23,25)/t2*13-/m10/s1. The molecule has 8 rings (SSSR count). The number of fused-ring (bicyclic) bond motifs is 2. The fourth-order valence-corrected chi connectivity index (χ4v) is 5.98. The van der Waals surface area contributed by atoms with E-state index in [9.17, 15) is 10.2 Å². The monoisotopic (exact) mass is 750 g/mol. The molecule has 2 atom stereocenters. The Labute approximate surface area is 322 Å².